The summed E-state index contributed by atoms with van der Waals surface area (Å²) >= 11 is 0. The normalized spacial score (nSPS) is 27.9. The summed E-state index contributed by atoms with van der Waals surface area (Å²) in [4.78, 5) is 2.65. The Morgan fingerprint density at radius 2 is 2.00 bits per heavy atom. The van der Waals surface area contributed by atoms with Crippen molar-refractivity contribution in [1.82, 2.24) is 4.83 Å². The van der Waals surface area contributed by atoms with Crippen molar-refractivity contribution >= 4 is 15.7 Å². The molecule has 0 spiro atoms. The molecule has 0 unspecified atom stereocenters. The molecule has 1 N–H and O–H groups in total. The van der Waals surface area contributed by atoms with Crippen LogP contribution in [0.4, 0.5) is 0 Å². The molecule has 19 heavy (non-hydrogen) atoms. The van der Waals surface area contributed by atoms with Gasteiger partial charge in [-0.1, -0.05) is 17.7 Å². The molecule has 2 aliphatic carbocycles. The smallest absolute Gasteiger partial charge is 0.200 e. The molecule has 0 radical (unpaired) electrons. The second kappa shape index (κ2) is 4.63. The summed E-state index contributed by atoms with van der Waals surface area (Å²) < 4.78 is 24.2. The topological polar surface area (TPSA) is 58.5 Å². The van der Waals surface area contributed by atoms with E-state index in [4.69, 9.17) is 0 Å². The lowest BCUT2D eigenvalue weighted by molar-refractivity contribution is 0.581. The van der Waals surface area contributed by atoms with Gasteiger partial charge in [-0.2, -0.15) is 13.5 Å². The highest BCUT2D eigenvalue weighted by Crippen LogP contribution is 2.47. The fourth-order valence-electron chi connectivity index (χ4n) is 2.73. The number of nitrogens with one attached hydrogen (secondary N) is 1. The number of hydrogen-bond acceptors (Lipinski definition) is 3. The molecule has 1 aromatic carbocycles. The second-order valence-corrected chi connectivity index (χ2v) is 7.17. The Morgan fingerprint density at radius 3 is 2.74 bits per heavy atom. The predicted octanol–water partition coefficient (Wildman–Crippen LogP) is 2.45. The minimum atomic E-state index is -3.52. The van der Waals surface area contributed by atoms with Gasteiger partial charge in [0.1, 0.15) is 0 Å². The van der Waals surface area contributed by atoms with Crippen LogP contribution in [0.1, 0.15) is 31.2 Å². The SMILES string of the molecule is Cc1ccc(S(=O)(=O)N/N=C2\CCC[C@@H]3C[C@@H]23)cc1. The van der Waals surface area contributed by atoms with Crippen molar-refractivity contribution in [2.24, 2.45) is 16.9 Å². The van der Waals surface area contributed by atoms with Crippen LogP contribution in [0.3, 0.4) is 0 Å². The molecule has 0 amide bonds. The minimum Gasteiger partial charge on any atom is -0.200 e. The third-order valence-corrected chi connectivity index (χ3v) is 5.22. The lowest BCUT2D eigenvalue weighted by Crippen LogP contribution is -2.22. The van der Waals surface area contributed by atoms with Crippen molar-refractivity contribution in [3.05, 3.63) is 29.8 Å². The highest BCUT2D eigenvalue weighted by atomic mass is 32.2. The maximum Gasteiger partial charge on any atom is 0.276 e. The summed E-state index contributed by atoms with van der Waals surface area (Å²) in [7, 11) is -3.52. The molecule has 2 fully saturated rings. The Kier molecular flexibility index (Phi) is 3.09. The number of rotatable bonds is 3. The number of sulfonamides is 1. The van der Waals surface area contributed by atoms with Crippen LogP contribution in [-0.2, 0) is 10.0 Å². The summed E-state index contributed by atoms with van der Waals surface area (Å²) in [5.41, 5.74) is 2.07. The Hall–Kier alpha value is -1.36. The van der Waals surface area contributed by atoms with E-state index in [0.717, 1.165) is 30.0 Å². The Morgan fingerprint density at radius 1 is 1.26 bits per heavy atom. The first-order valence-corrected chi connectivity index (χ1v) is 8.19. The van der Waals surface area contributed by atoms with Crippen molar-refractivity contribution < 1.29 is 8.42 Å². The molecule has 0 aromatic heterocycles. The van der Waals surface area contributed by atoms with E-state index in [1.54, 1.807) is 24.3 Å². The van der Waals surface area contributed by atoms with Gasteiger partial charge in [-0.05, 0) is 50.7 Å². The molecular weight excluding hydrogens is 260 g/mol. The molecular formula is C14H18N2O2S. The highest BCUT2D eigenvalue weighted by Gasteiger charge is 2.43. The van der Waals surface area contributed by atoms with E-state index in [-0.39, 0.29) is 4.90 Å². The standard InChI is InChI=1S/C14H18N2O2S/c1-10-5-7-12(8-6-10)19(17,18)16-15-14-4-2-3-11-9-13(11)14/h5-8,11,13,16H,2-4,9H2,1H3/b15-14+/t11-,13-/m1/s1. The molecule has 102 valence electrons. The van der Waals surface area contributed by atoms with Crippen LogP contribution >= 0.6 is 0 Å². The van der Waals surface area contributed by atoms with Crippen LogP contribution in [0.25, 0.3) is 0 Å². The third-order valence-electron chi connectivity index (χ3n) is 4.00. The van der Waals surface area contributed by atoms with Crippen molar-refractivity contribution in [3.63, 3.8) is 0 Å². The Labute approximate surface area is 114 Å². The van der Waals surface area contributed by atoms with E-state index in [0.29, 0.717) is 5.92 Å². The molecule has 2 atom stereocenters. The fraction of sp³-hybridized carbons (Fsp3) is 0.500. The van der Waals surface area contributed by atoms with E-state index < -0.39 is 10.0 Å². The van der Waals surface area contributed by atoms with Crippen LogP contribution in [0.15, 0.2) is 34.3 Å². The predicted molar refractivity (Wildman–Crippen MR) is 74.4 cm³/mol. The van der Waals surface area contributed by atoms with Gasteiger partial charge in [-0.3, -0.25) is 0 Å². The van der Waals surface area contributed by atoms with Gasteiger partial charge in [-0.15, -0.1) is 0 Å². The largest absolute Gasteiger partial charge is 0.276 e. The maximum atomic E-state index is 12.1. The lowest BCUT2D eigenvalue weighted by Gasteiger charge is -2.12. The summed E-state index contributed by atoms with van der Waals surface area (Å²) in [5.74, 6) is 1.30. The van der Waals surface area contributed by atoms with E-state index in [1.165, 1.54) is 12.8 Å². The maximum absolute atomic E-state index is 12.1. The minimum absolute atomic E-state index is 0.269. The van der Waals surface area contributed by atoms with E-state index >= 15 is 0 Å². The van der Waals surface area contributed by atoms with Crippen LogP contribution < -0.4 is 4.83 Å². The van der Waals surface area contributed by atoms with Gasteiger partial charge in [0.15, 0.2) is 0 Å². The van der Waals surface area contributed by atoms with Crippen molar-refractivity contribution in [1.29, 1.82) is 0 Å². The fourth-order valence-corrected chi connectivity index (χ4v) is 3.57. The van der Waals surface area contributed by atoms with Gasteiger partial charge >= 0.3 is 0 Å². The van der Waals surface area contributed by atoms with Crippen LogP contribution in [-0.4, -0.2) is 14.1 Å². The van der Waals surface area contributed by atoms with E-state index in [2.05, 4.69) is 9.93 Å². The van der Waals surface area contributed by atoms with Gasteiger partial charge in [0.05, 0.1) is 4.90 Å². The molecule has 5 heteroatoms. The van der Waals surface area contributed by atoms with Crippen molar-refractivity contribution in [2.45, 2.75) is 37.5 Å². The number of aryl methyl sites for hydroxylation is 1. The van der Waals surface area contributed by atoms with Gasteiger partial charge in [-0.25, -0.2) is 4.83 Å². The number of nitrogens with zero attached hydrogens (tertiary/aromatic N) is 1. The third kappa shape index (κ3) is 2.66. The zero-order valence-electron chi connectivity index (χ0n) is 11.0. The summed E-state index contributed by atoms with van der Waals surface area (Å²) in [6.45, 7) is 1.93. The Bertz CT molecular complexity index is 605. The molecule has 4 nitrogen and oxygen atoms in total. The van der Waals surface area contributed by atoms with Gasteiger partial charge in [0.25, 0.3) is 10.0 Å². The first-order valence-electron chi connectivity index (χ1n) is 6.71. The average molecular weight is 278 g/mol. The van der Waals surface area contributed by atoms with Gasteiger partial charge in [0, 0.05) is 11.6 Å². The second-order valence-electron chi connectivity index (χ2n) is 5.51. The molecule has 0 heterocycles. The molecule has 0 bridgehead atoms. The van der Waals surface area contributed by atoms with E-state index in [1.807, 2.05) is 6.92 Å². The first-order chi connectivity index (χ1) is 9.06. The molecule has 2 saturated carbocycles. The lowest BCUT2D eigenvalue weighted by atomic mass is 9.99. The summed E-state index contributed by atoms with van der Waals surface area (Å²) in [6, 6.07) is 6.80. The van der Waals surface area contributed by atoms with Crippen molar-refractivity contribution in [3.8, 4) is 0 Å². The number of fused-ring (bicyclic) bond motifs is 1. The quantitative estimate of drug-likeness (QED) is 0.863. The molecule has 0 aliphatic heterocycles. The number of hydrogen-bond donors (Lipinski definition) is 1. The van der Waals surface area contributed by atoms with Crippen molar-refractivity contribution in [2.75, 3.05) is 0 Å². The summed E-state index contributed by atoms with van der Waals surface area (Å²) in [6.07, 6.45) is 4.52. The highest BCUT2D eigenvalue weighted by molar-refractivity contribution is 7.89. The molecule has 1 aromatic rings. The average Bonchev–Trinajstić information content (AvgIpc) is 3.16. The van der Waals surface area contributed by atoms with Crippen LogP contribution in [0.5, 0.6) is 0 Å². The zero-order valence-corrected chi connectivity index (χ0v) is 11.8. The number of benzene rings is 1. The zero-order chi connectivity index (χ0) is 13.5. The van der Waals surface area contributed by atoms with E-state index in [9.17, 15) is 8.42 Å². The molecule has 3 rings (SSSR count). The van der Waals surface area contributed by atoms with Crippen LogP contribution in [0.2, 0.25) is 0 Å². The Balaban J connectivity index is 1.75. The van der Waals surface area contributed by atoms with Crippen LogP contribution in [0, 0.1) is 18.8 Å². The van der Waals surface area contributed by atoms with Gasteiger partial charge in [0.2, 0.25) is 0 Å². The molecule has 2 aliphatic rings. The summed E-state index contributed by atoms with van der Waals surface area (Å²) in [5, 5.41) is 4.16. The first kappa shape index (κ1) is 12.7. The monoisotopic (exact) mass is 278 g/mol. The number of hydrazone groups is 1. The van der Waals surface area contributed by atoms with Gasteiger partial charge < -0.3 is 0 Å². The molecule has 0 saturated heterocycles.